The van der Waals surface area contributed by atoms with Gasteiger partial charge < -0.3 is 4.90 Å². The number of fused-ring (bicyclic) bond motifs is 13. The van der Waals surface area contributed by atoms with Crippen LogP contribution in [0.25, 0.3) is 33.4 Å². The van der Waals surface area contributed by atoms with Crippen LogP contribution < -0.4 is 4.90 Å². The Morgan fingerprint density at radius 2 is 0.880 bits per heavy atom. The SMILES string of the molecule is [2H]C(C)(C)c1ccccc1N(c1ccc2c(c1)-c1ccccc1C2(C)C)c1ccc2c(c1)C1(c3ccccc3-c3ccccc31)c1ccccc1-2. The van der Waals surface area contributed by atoms with Crippen LogP contribution in [-0.2, 0) is 10.8 Å². The quantitative estimate of drug-likeness (QED) is 0.185. The monoisotopic (exact) mass is 642 g/mol. The summed E-state index contributed by atoms with van der Waals surface area (Å²) >= 11 is 0. The molecule has 0 saturated carbocycles. The third-order valence-corrected chi connectivity index (χ3v) is 11.7. The molecule has 1 nitrogen and oxygen atoms in total. The van der Waals surface area contributed by atoms with Crippen LogP contribution in [0.3, 0.4) is 0 Å². The molecule has 7 aromatic rings. The van der Waals surface area contributed by atoms with E-state index in [9.17, 15) is 1.37 Å². The lowest BCUT2D eigenvalue weighted by molar-refractivity contribution is 0.660. The lowest BCUT2D eigenvalue weighted by Crippen LogP contribution is -2.26. The van der Waals surface area contributed by atoms with Gasteiger partial charge in [-0.05, 0) is 109 Å². The normalized spacial score (nSPS) is 15.4. The second-order valence-corrected chi connectivity index (χ2v) is 14.9. The molecule has 0 fully saturated rings. The van der Waals surface area contributed by atoms with Crippen molar-refractivity contribution in [2.45, 2.75) is 44.4 Å². The summed E-state index contributed by atoms with van der Waals surface area (Å²) in [6.45, 7) is 8.65. The molecule has 0 atom stereocenters. The van der Waals surface area contributed by atoms with Crippen LogP contribution in [0.5, 0.6) is 0 Å². The molecule has 0 aromatic heterocycles. The van der Waals surface area contributed by atoms with E-state index in [1.165, 1.54) is 66.8 Å². The minimum absolute atomic E-state index is 0.0780. The highest BCUT2D eigenvalue weighted by atomic mass is 15.1. The minimum Gasteiger partial charge on any atom is -0.310 e. The van der Waals surface area contributed by atoms with Crippen LogP contribution in [0.2, 0.25) is 0 Å². The van der Waals surface area contributed by atoms with Crippen molar-refractivity contribution in [2.75, 3.05) is 4.90 Å². The van der Waals surface area contributed by atoms with Gasteiger partial charge in [0.05, 0.1) is 5.41 Å². The second kappa shape index (κ2) is 10.4. The van der Waals surface area contributed by atoms with Crippen LogP contribution in [0.4, 0.5) is 17.1 Å². The van der Waals surface area contributed by atoms with E-state index >= 15 is 0 Å². The molecule has 0 saturated heterocycles. The highest BCUT2D eigenvalue weighted by Gasteiger charge is 2.51. The molecule has 0 N–H and O–H groups in total. The van der Waals surface area contributed by atoms with Gasteiger partial charge in [-0.25, -0.2) is 0 Å². The van der Waals surface area contributed by atoms with Gasteiger partial charge in [0.15, 0.2) is 0 Å². The molecule has 0 heterocycles. The zero-order valence-electron chi connectivity index (χ0n) is 30.0. The molecule has 10 rings (SSSR count). The van der Waals surface area contributed by atoms with Crippen LogP contribution in [0, 0.1) is 0 Å². The summed E-state index contributed by atoms with van der Waals surface area (Å²) in [6, 6.07) is 58.4. The summed E-state index contributed by atoms with van der Waals surface area (Å²) in [6.07, 6.45) is 0. The topological polar surface area (TPSA) is 3.24 Å². The average molecular weight is 643 g/mol. The number of benzene rings is 7. The Balaban J connectivity index is 1.27. The molecule has 1 heteroatoms. The van der Waals surface area contributed by atoms with Gasteiger partial charge in [-0.2, -0.15) is 0 Å². The van der Waals surface area contributed by atoms with Gasteiger partial charge in [-0.1, -0.05) is 155 Å². The molecule has 0 radical (unpaired) electrons. The highest BCUT2D eigenvalue weighted by molar-refractivity contribution is 5.96. The van der Waals surface area contributed by atoms with Crippen molar-refractivity contribution in [1.29, 1.82) is 0 Å². The predicted molar refractivity (Wildman–Crippen MR) is 209 cm³/mol. The summed E-state index contributed by atoms with van der Waals surface area (Å²) in [5.41, 5.74) is 19.5. The van der Waals surface area contributed by atoms with Crippen molar-refractivity contribution in [1.82, 2.24) is 0 Å². The second-order valence-electron chi connectivity index (χ2n) is 14.9. The molecule has 0 amide bonds. The van der Waals surface area contributed by atoms with Crippen molar-refractivity contribution >= 4 is 17.1 Å². The van der Waals surface area contributed by atoms with Crippen molar-refractivity contribution in [3.8, 4) is 33.4 Å². The molecule has 0 aliphatic heterocycles. The molecule has 7 aromatic carbocycles. The highest BCUT2D eigenvalue weighted by Crippen LogP contribution is 2.63. The van der Waals surface area contributed by atoms with Gasteiger partial charge in [0.25, 0.3) is 0 Å². The van der Waals surface area contributed by atoms with E-state index in [2.05, 4.69) is 176 Å². The first-order valence-corrected chi connectivity index (χ1v) is 17.8. The van der Waals surface area contributed by atoms with Gasteiger partial charge in [0.2, 0.25) is 0 Å². The first-order valence-electron chi connectivity index (χ1n) is 18.3. The van der Waals surface area contributed by atoms with E-state index in [0.29, 0.717) is 0 Å². The Kier molecular flexibility index (Phi) is 5.88. The summed E-state index contributed by atoms with van der Waals surface area (Å²) < 4.78 is 9.28. The Morgan fingerprint density at radius 1 is 0.440 bits per heavy atom. The summed E-state index contributed by atoms with van der Waals surface area (Å²) in [5.74, 6) is -0.808. The molecular formula is C49H39N. The average Bonchev–Trinajstić information content (AvgIpc) is 3.70. The number of para-hydroxylation sites is 1. The van der Waals surface area contributed by atoms with Crippen LogP contribution >= 0.6 is 0 Å². The van der Waals surface area contributed by atoms with Gasteiger partial charge in [0.1, 0.15) is 0 Å². The number of hydrogen-bond donors (Lipinski definition) is 0. The van der Waals surface area contributed by atoms with E-state index in [1.54, 1.807) is 0 Å². The van der Waals surface area contributed by atoms with Gasteiger partial charge in [0, 0.05) is 23.8 Å². The third kappa shape index (κ3) is 3.73. The third-order valence-electron chi connectivity index (χ3n) is 11.7. The fourth-order valence-corrected chi connectivity index (χ4v) is 9.59. The molecule has 1 spiro atoms. The van der Waals surface area contributed by atoms with Crippen LogP contribution in [0.15, 0.2) is 158 Å². The largest absolute Gasteiger partial charge is 0.310 e. The van der Waals surface area contributed by atoms with E-state index in [0.717, 1.165) is 22.6 Å². The maximum absolute atomic E-state index is 9.28. The van der Waals surface area contributed by atoms with Crippen molar-refractivity contribution in [3.63, 3.8) is 0 Å². The molecule has 240 valence electrons. The van der Waals surface area contributed by atoms with Crippen molar-refractivity contribution in [3.05, 3.63) is 197 Å². The Labute approximate surface area is 296 Å². The van der Waals surface area contributed by atoms with E-state index < -0.39 is 11.3 Å². The van der Waals surface area contributed by atoms with E-state index in [1.807, 2.05) is 13.8 Å². The first kappa shape index (κ1) is 28.2. The number of hydrogen-bond acceptors (Lipinski definition) is 1. The molecule has 50 heavy (non-hydrogen) atoms. The standard InChI is InChI=1S/C49H39N/c1-31(2)34-15-9-14-24-47(34)50(32-26-28-42-40(29-32)38-19-5-10-20-41(38)48(42,3)4)33-25-27-39-37-18-8-13-23-45(37)49(46(39)30-33)43-21-11-6-16-35(43)36-17-7-12-22-44(36)49/h5-31H,1-4H3/i31D. The Bertz CT molecular complexity index is 2500. The number of nitrogens with zero attached hydrogens (tertiary/aromatic N) is 1. The lowest BCUT2D eigenvalue weighted by Gasteiger charge is -2.33. The van der Waals surface area contributed by atoms with Gasteiger partial charge in [-0.3, -0.25) is 0 Å². The molecule has 3 aliphatic rings. The van der Waals surface area contributed by atoms with Crippen molar-refractivity contribution in [2.24, 2.45) is 0 Å². The first-order chi connectivity index (χ1) is 24.7. The van der Waals surface area contributed by atoms with Gasteiger partial charge in [-0.15, -0.1) is 0 Å². The summed E-state index contributed by atoms with van der Waals surface area (Å²) in [5, 5.41) is 0. The summed E-state index contributed by atoms with van der Waals surface area (Å²) in [7, 11) is 0. The Hall–Kier alpha value is -5.66. The fourth-order valence-electron chi connectivity index (χ4n) is 9.59. The predicted octanol–water partition coefficient (Wildman–Crippen LogP) is 12.9. The summed E-state index contributed by atoms with van der Waals surface area (Å²) in [4.78, 5) is 2.41. The molecule has 0 bridgehead atoms. The van der Waals surface area contributed by atoms with E-state index in [-0.39, 0.29) is 5.41 Å². The Morgan fingerprint density at radius 3 is 1.48 bits per heavy atom. The van der Waals surface area contributed by atoms with Gasteiger partial charge >= 0.3 is 0 Å². The molecular weight excluding hydrogens is 603 g/mol. The maximum Gasteiger partial charge on any atom is 0.0726 e. The number of rotatable bonds is 4. The maximum atomic E-state index is 9.28. The lowest BCUT2D eigenvalue weighted by atomic mass is 9.70. The fraction of sp³-hybridized carbons (Fsp3) is 0.143. The molecule has 3 aliphatic carbocycles. The molecule has 0 unspecified atom stereocenters. The smallest absolute Gasteiger partial charge is 0.0726 e. The number of anilines is 3. The van der Waals surface area contributed by atoms with E-state index in [4.69, 9.17) is 0 Å². The van der Waals surface area contributed by atoms with Crippen LogP contribution in [0.1, 0.15) is 73.9 Å². The van der Waals surface area contributed by atoms with Crippen LogP contribution in [-0.4, -0.2) is 0 Å². The van der Waals surface area contributed by atoms with Crippen molar-refractivity contribution < 1.29 is 1.37 Å². The minimum atomic E-state index is -0.808. The zero-order valence-corrected chi connectivity index (χ0v) is 29.0. The zero-order chi connectivity index (χ0) is 34.7.